The van der Waals surface area contributed by atoms with Crippen molar-refractivity contribution in [2.24, 2.45) is 5.92 Å². The first kappa shape index (κ1) is 17.0. The van der Waals surface area contributed by atoms with E-state index >= 15 is 0 Å². The molecule has 2 heteroatoms. The number of benzene rings is 1. The molecule has 110 valence electrons. The van der Waals surface area contributed by atoms with E-state index in [9.17, 15) is 0 Å². The van der Waals surface area contributed by atoms with E-state index in [2.05, 4.69) is 61.8 Å². The highest BCUT2D eigenvalue weighted by atomic mass is 79.9. The van der Waals surface area contributed by atoms with Gasteiger partial charge in [0.15, 0.2) is 4.67 Å². The van der Waals surface area contributed by atoms with Crippen LogP contribution in [-0.4, -0.2) is 0 Å². The Morgan fingerprint density at radius 1 is 1.30 bits per heavy atom. The average Bonchev–Trinajstić information content (AvgIpc) is 2.36. The molecule has 0 radical (unpaired) electrons. The third-order valence-corrected chi connectivity index (χ3v) is 3.58. The maximum Gasteiger partial charge on any atom is 0.165 e. The fourth-order valence-corrected chi connectivity index (χ4v) is 2.28. The highest BCUT2D eigenvalue weighted by molar-refractivity contribution is 9.11. The summed E-state index contributed by atoms with van der Waals surface area (Å²) >= 11 is 3.49. The first-order valence-electron chi connectivity index (χ1n) is 7.21. The fraction of sp³-hybridized carbons (Fsp3) is 0.444. The second-order valence-electron chi connectivity index (χ2n) is 5.63. The van der Waals surface area contributed by atoms with Crippen molar-refractivity contribution in [1.29, 1.82) is 0 Å². The third kappa shape index (κ3) is 7.54. The minimum absolute atomic E-state index is 0.666. The Hall–Kier alpha value is -1.02. The molecule has 1 nitrogen and oxygen atoms in total. The summed E-state index contributed by atoms with van der Waals surface area (Å²) in [5, 5.41) is 0. The zero-order valence-corrected chi connectivity index (χ0v) is 14.5. The number of rotatable bonds is 7. The van der Waals surface area contributed by atoms with Crippen molar-refractivity contribution in [3.63, 3.8) is 0 Å². The number of halogens is 1. The summed E-state index contributed by atoms with van der Waals surface area (Å²) in [5.74, 6) is 1.55. The molecule has 0 bridgehead atoms. The lowest BCUT2D eigenvalue weighted by Gasteiger charge is -2.09. The molecule has 1 atom stereocenters. The van der Waals surface area contributed by atoms with Crippen molar-refractivity contribution < 1.29 is 4.74 Å². The Morgan fingerprint density at radius 2 is 2.05 bits per heavy atom. The topological polar surface area (TPSA) is 9.23 Å². The van der Waals surface area contributed by atoms with Gasteiger partial charge in [0.25, 0.3) is 0 Å². The van der Waals surface area contributed by atoms with Gasteiger partial charge in [0.05, 0.1) is 0 Å². The molecule has 0 aromatic heterocycles. The van der Waals surface area contributed by atoms with Crippen LogP contribution in [0.5, 0.6) is 5.75 Å². The molecular formula is C18H25BrO. The van der Waals surface area contributed by atoms with E-state index in [1.54, 1.807) is 0 Å². The van der Waals surface area contributed by atoms with Crippen LogP contribution in [0.1, 0.15) is 45.6 Å². The van der Waals surface area contributed by atoms with Crippen molar-refractivity contribution in [1.82, 2.24) is 0 Å². The van der Waals surface area contributed by atoms with Crippen molar-refractivity contribution in [2.45, 2.75) is 47.0 Å². The van der Waals surface area contributed by atoms with Crippen LogP contribution in [0.3, 0.4) is 0 Å². The zero-order valence-electron chi connectivity index (χ0n) is 12.9. The van der Waals surface area contributed by atoms with Gasteiger partial charge in [0, 0.05) is 0 Å². The zero-order chi connectivity index (χ0) is 15.0. The number of hydrogen-bond acceptors (Lipinski definition) is 1. The molecule has 0 aliphatic rings. The van der Waals surface area contributed by atoms with Gasteiger partial charge in [-0.15, -0.1) is 0 Å². The van der Waals surface area contributed by atoms with Crippen LogP contribution in [0.25, 0.3) is 0 Å². The Morgan fingerprint density at radius 3 is 2.70 bits per heavy atom. The fourth-order valence-electron chi connectivity index (χ4n) is 1.90. The normalized spacial score (nSPS) is 12.9. The Labute approximate surface area is 131 Å². The summed E-state index contributed by atoms with van der Waals surface area (Å²) in [6.45, 7) is 8.64. The summed E-state index contributed by atoms with van der Waals surface area (Å²) in [6, 6.07) is 8.08. The van der Waals surface area contributed by atoms with E-state index in [1.807, 2.05) is 18.2 Å². The molecular weight excluding hydrogens is 312 g/mol. The van der Waals surface area contributed by atoms with Crippen LogP contribution < -0.4 is 4.74 Å². The number of ether oxygens (including phenoxy) is 1. The van der Waals surface area contributed by atoms with Gasteiger partial charge >= 0.3 is 0 Å². The lowest BCUT2D eigenvalue weighted by Crippen LogP contribution is -1.94. The van der Waals surface area contributed by atoms with E-state index in [4.69, 9.17) is 4.74 Å². The van der Waals surface area contributed by atoms with Gasteiger partial charge in [0.2, 0.25) is 0 Å². The lowest BCUT2D eigenvalue weighted by atomic mass is 10.0. The van der Waals surface area contributed by atoms with E-state index in [1.165, 1.54) is 17.6 Å². The minimum Gasteiger partial charge on any atom is -0.450 e. The highest BCUT2D eigenvalue weighted by Crippen LogP contribution is 2.21. The molecule has 20 heavy (non-hydrogen) atoms. The second-order valence-corrected chi connectivity index (χ2v) is 6.41. The van der Waals surface area contributed by atoms with Crippen LogP contribution in [-0.2, 0) is 0 Å². The van der Waals surface area contributed by atoms with Crippen LogP contribution in [0.2, 0.25) is 0 Å². The van der Waals surface area contributed by atoms with Crippen molar-refractivity contribution in [3.8, 4) is 5.75 Å². The Balaban J connectivity index is 2.39. The molecule has 0 N–H and O–H groups in total. The summed E-state index contributed by atoms with van der Waals surface area (Å²) in [6.07, 6.45) is 7.83. The Kier molecular flexibility index (Phi) is 7.68. The van der Waals surface area contributed by atoms with Crippen LogP contribution in [0.15, 0.2) is 46.7 Å². The van der Waals surface area contributed by atoms with E-state index in [-0.39, 0.29) is 0 Å². The maximum atomic E-state index is 5.75. The van der Waals surface area contributed by atoms with E-state index in [0.29, 0.717) is 5.92 Å². The van der Waals surface area contributed by atoms with Crippen LogP contribution in [0, 0.1) is 12.8 Å². The Bertz CT molecular complexity index is 470. The van der Waals surface area contributed by atoms with Gasteiger partial charge in [-0.1, -0.05) is 30.7 Å². The summed E-state index contributed by atoms with van der Waals surface area (Å²) < 4.78 is 6.56. The molecule has 0 aliphatic heterocycles. The molecule has 0 aliphatic carbocycles. The average molecular weight is 337 g/mol. The number of hydrogen-bond donors (Lipinski definition) is 0. The van der Waals surface area contributed by atoms with Gasteiger partial charge in [-0.2, -0.15) is 0 Å². The SMILES string of the molecule is CC(C)=CCC[C@H](C)C/C=C(\Br)Oc1cccc(C)c1. The monoisotopic (exact) mass is 336 g/mol. The molecule has 0 fully saturated rings. The molecule has 1 aromatic rings. The summed E-state index contributed by atoms with van der Waals surface area (Å²) in [7, 11) is 0. The van der Waals surface area contributed by atoms with Crippen molar-refractivity contribution in [2.75, 3.05) is 0 Å². The molecule has 0 heterocycles. The van der Waals surface area contributed by atoms with Gasteiger partial charge in [0.1, 0.15) is 5.75 Å². The second kappa shape index (κ2) is 9.02. The van der Waals surface area contributed by atoms with Crippen LogP contribution >= 0.6 is 15.9 Å². The van der Waals surface area contributed by atoms with E-state index in [0.717, 1.165) is 23.3 Å². The quantitative estimate of drug-likeness (QED) is 0.414. The van der Waals surface area contributed by atoms with Gasteiger partial charge in [-0.05, 0) is 85.7 Å². The molecule has 0 amide bonds. The van der Waals surface area contributed by atoms with Gasteiger partial charge in [-0.25, -0.2) is 0 Å². The molecule has 0 saturated carbocycles. The van der Waals surface area contributed by atoms with Crippen LogP contribution in [0.4, 0.5) is 0 Å². The third-order valence-electron chi connectivity index (χ3n) is 3.10. The molecule has 1 rings (SSSR count). The smallest absolute Gasteiger partial charge is 0.165 e. The van der Waals surface area contributed by atoms with E-state index < -0.39 is 0 Å². The van der Waals surface area contributed by atoms with Gasteiger partial charge in [-0.3, -0.25) is 0 Å². The molecule has 0 saturated heterocycles. The van der Waals surface area contributed by atoms with Gasteiger partial charge < -0.3 is 4.74 Å². The summed E-state index contributed by atoms with van der Waals surface area (Å²) in [4.78, 5) is 0. The highest BCUT2D eigenvalue weighted by Gasteiger charge is 2.02. The minimum atomic E-state index is 0.666. The first-order chi connectivity index (χ1) is 9.47. The maximum absolute atomic E-state index is 5.75. The molecule has 1 aromatic carbocycles. The number of allylic oxidation sites excluding steroid dienone is 3. The largest absolute Gasteiger partial charge is 0.450 e. The number of aryl methyl sites for hydroxylation is 1. The first-order valence-corrected chi connectivity index (χ1v) is 8.00. The molecule has 0 unspecified atom stereocenters. The van der Waals surface area contributed by atoms with Crippen molar-refractivity contribution in [3.05, 3.63) is 52.2 Å². The summed E-state index contributed by atoms with van der Waals surface area (Å²) in [5.41, 5.74) is 2.61. The lowest BCUT2D eigenvalue weighted by molar-refractivity contribution is 0.459. The standard InChI is InChI=1S/C18H25BrO/c1-14(2)7-5-8-15(3)11-12-18(19)20-17-10-6-9-16(4)13-17/h6-7,9-10,12-13,15H,5,8,11H2,1-4H3/b18-12+/t15-/m0/s1. The predicted molar refractivity (Wildman–Crippen MR) is 91.3 cm³/mol. The molecule has 0 spiro atoms. The van der Waals surface area contributed by atoms with Crippen molar-refractivity contribution >= 4 is 15.9 Å². The predicted octanol–water partition coefficient (Wildman–Crippen LogP) is 6.38.